The second kappa shape index (κ2) is 9.23. The predicted octanol–water partition coefficient (Wildman–Crippen LogP) is 5.85. The zero-order valence-electron chi connectivity index (χ0n) is 16.4. The van der Waals surface area contributed by atoms with Crippen molar-refractivity contribution in [3.63, 3.8) is 0 Å². The van der Waals surface area contributed by atoms with E-state index < -0.39 is 14.0 Å². The molecule has 2 N–H and O–H groups in total. The molecule has 30 heavy (non-hydrogen) atoms. The average Bonchev–Trinajstić information content (AvgIpc) is 2.80. The second-order valence-electron chi connectivity index (χ2n) is 7.13. The van der Waals surface area contributed by atoms with Crippen molar-refractivity contribution in [2.45, 2.75) is 11.8 Å². The van der Waals surface area contributed by atoms with E-state index in [0.29, 0.717) is 12.2 Å². The molecule has 0 aromatic heterocycles. The molecule has 0 amide bonds. The summed E-state index contributed by atoms with van der Waals surface area (Å²) in [5.41, 5.74) is 3.91. The van der Waals surface area contributed by atoms with Crippen LogP contribution >= 0.6 is 8.60 Å². The van der Waals surface area contributed by atoms with Crippen LogP contribution in [0.25, 0.3) is 0 Å². The van der Waals surface area contributed by atoms with Crippen molar-refractivity contribution in [3.8, 4) is 5.75 Å². The Hall–Kier alpha value is -2.97. The van der Waals surface area contributed by atoms with Crippen LogP contribution in [0, 0.1) is 0 Å². The van der Waals surface area contributed by atoms with Crippen LogP contribution in [0.5, 0.6) is 5.75 Å². The Morgan fingerprint density at radius 3 is 1.40 bits per heavy atom. The zero-order chi connectivity index (χ0) is 20.8. The van der Waals surface area contributed by atoms with Gasteiger partial charge < -0.3 is 14.3 Å². The Bertz CT molecular complexity index is 970. The Kier molecular flexibility index (Phi) is 6.25. The van der Waals surface area contributed by atoms with Gasteiger partial charge >= 0.3 is 8.60 Å². The van der Waals surface area contributed by atoms with Gasteiger partial charge in [0.05, 0.1) is 0 Å². The molecule has 4 aromatic carbocycles. The molecule has 0 bridgehead atoms. The highest BCUT2D eigenvalue weighted by molar-refractivity contribution is 7.39. The fraction of sp³-hybridized carbons (Fsp3) is 0.0769. The molecule has 0 atom stereocenters. The molecule has 0 fully saturated rings. The van der Waals surface area contributed by atoms with Gasteiger partial charge in [-0.25, -0.2) is 0 Å². The third-order valence-corrected chi connectivity index (χ3v) is 5.77. The number of hydrogen-bond donors (Lipinski definition) is 2. The molecule has 0 saturated carbocycles. The first-order valence-electron chi connectivity index (χ1n) is 9.80. The summed E-state index contributed by atoms with van der Waals surface area (Å²) in [7, 11) is -2.50. The van der Waals surface area contributed by atoms with Crippen molar-refractivity contribution < 1.29 is 14.3 Å². The molecule has 0 aliphatic rings. The van der Waals surface area contributed by atoms with Crippen LogP contribution in [0.2, 0.25) is 0 Å². The van der Waals surface area contributed by atoms with Crippen LogP contribution in [0.3, 0.4) is 0 Å². The maximum atomic E-state index is 9.48. The molecule has 0 aliphatic heterocycles. The minimum absolute atomic E-state index is 0.475. The highest BCUT2D eigenvalue weighted by Crippen LogP contribution is 2.44. The van der Waals surface area contributed by atoms with Gasteiger partial charge in [0.1, 0.15) is 5.75 Å². The first-order chi connectivity index (χ1) is 14.7. The largest absolute Gasteiger partial charge is 0.427 e. The monoisotopic (exact) mass is 414 g/mol. The predicted molar refractivity (Wildman–Crippen MR) is 121 cm³/mol. The molecule has 150 valence electrons. The van der Waals surface area contributed by atoms with Gasteiger partial charge in [-0.1, -0.05) is 109 Å². The van der Waals surface area contributed by atoms with Crippen LogP contribution in [-0.2, 0) is 11.8 Å². The van der Waals surface area contributed by atoms with Gasteiger partial charge in [-0.05, 0) is 34.7 Å². The molecule has 4 heteroatoms. The number of benzene rings is 4. The van der Waals surface area contributed by atoms with Crippen molar-refractivity contribution >= 4 is 8.60 Å². The Morgan fingerprint density at radius 1 is 0.567 bits per heavy atom. The van der Waals surface area contributed by atoms with Gasteiger partial charge in [-0.3, -0.25) is 0 Å². The molecule has 4 rings (SSSR count). The molecule has 3 nitrogen and oxygen atoms in total. The number of para-hydroxylation sites is 1. The highest BCUT2D eigenvalue weighted by atomic mass is 31.2. The third-order valence-electron chi connectivity index (χ3n) is 5.41. The standard InChI is InChI=1S/C26H23O3P/c27-30(28)29-25-19-11-10-12-21(25)20-26(22-13-4-1-5-14-22,23-15-6-2-7-16-23)24-17-8-3-9-18-24/h1-19,27-28H,20H2. The SMILES string of the molecule is OP(O)Oc1ccccc1CC(c1ccccc1)(c1ccccc1)c1ccccc1. The van der Waals surface area contributed by atoms with Gasteiger partial charge in [-0.15, -0.1) is 0 Å². The lowest BCUT2D eigenvalue weighted by Gasteiger charge is -2.36. The average molecular weight is 414 g/mol. The molecule has 4 aromatic rings. The normalized spacial score (nSPS) is 11.4. The smallest absolute Gasteiger partial charge is 0.391 e. The Labute approximate surface area is 178 Å². The highest BCUT2D eigenvalue weighted by Gasteiger charge is 2.37. The second-order valence-corrected chi connectivity index (χ2v) is 7.82. The van der Waals surface area contributed by atoms with Crippen LogP contribution in [0.4, 0.5) is 0 Å². The summed E-state index contributed by atoms with van der Waals surface area (Å²) in [5.74, 6) is 0.487. The van der Waals surface area contributed by atoms with E-state index in [1.54, 1.807) is 6.07 Å². The van der Waals surface area contributed by atoms with E-state index in [1.165, 1.54) is 0 Å². The lowest BCUT2D eigenvalue weighted by atomic mass is 9.66. The van der Waals surface area contributed by atoms with Crippen molar-refractivity contribution in [1.29, 1.82) is 0 Å². The van der Waals surface area contributed by atoms with Gasteiger partial charge in [0.25, 0.3) is 0 Å². The summed E-state index contributed by atoms with van der Waals surface area (Å²) in [4.78, 5) is 19.0. The van der Waals surface area contributed by atoms with Crippen LogP contribution < -0.4 is 4.52 Å². The molecular formula is C26H23O3P. The van der Waals surface area contributed by atoms with Gasteiger partial charge in [0, 0.05) is 5.41 Å². The van der Waals surface area contributed by atoms with Gasteiger partial charge in [0.2, 0.25) is 0 Å². The molecule has 0 saturated heterocycles. The molecule has 0 spiro atoms. The molecule has 0 radical (unpaired) electrons. The lowest BCUT2D eigenvalue weighted by Crippen LogP contribution is -2.32. The Balaban J connectivity index is 1.97. The van der Waals surface area contributed by atoms with Gasteiger partial charge in [-0.2, -0.15) is 0 Å². The van der Waals surface area contributed by atoms with Crippen LogP contribution in [0.1, 0.15) is 22.3 Å². The molecule has 0 heterocycles. The van der Waals surface area contributed by atoms with Crippen molar-refractivity contribution in [2.24, 2.45) is 0 Å². The number of hydrogen-bond acceptors (Lipinski definition) is 3. The van der Waals surface area contributed by atoms with Crippen LogP contribution in [-0.4, -0.2) is 9.79 Å². The topological polar surface area (TPSA) is 49.7 Å². The summed E-state index contributed by atoms with van der Waals surface area (Å²) in [5, 5.41) is 0. The summed E-state index contributed by atoms with van der Waals surface area (Å²) in [6, 6.07) is 38.8. The van der Waals surface area contributed by atoms with Crippen molar-refractivity contribution in [3.05, 3.63) is 138 Å². The maximum absolute atomic E-state index is 9.48. The molecular weight excluding hydrogens is 391 g/mol. The Morgan fingerprint density at radius 2 is 0.967 bits per heavy atom. The maximum Gasteiger partial charge on any atom is 0.391 e. The first-order valence-corrected chi connectivity index (χ1v) is 11.0. The lowest BCUT2D eigenvalue weighted by molar-refractivity contribution is 0.372. The minimum Gasteiger partial charge on any atom is -0.427 e. The van der Waals surface area contributed by atoms with E-state index in [9.17, 15) is 9.79 Å². The van der Waals surface area contributed by atoms with Crippen molar-refractivity contribution in [1.82, 2.24) is 0 Å². The third kappa shape index (κ3) is 4.15. The van der Waals surface area contributed by atoms with E-state index >= 15 is 0 Å². The summed E-state index contributed by atoms with van der Waals surface area (Å²) < 4.78 is 5.37. The number of rotatable bonds is 7. The zero-order valence-corrected chi connectivity index (χ0v) is 17.3. The van der Waals surface area contributed by atoms with Crippen molar-refractivity contribution in [2.75, 3.05) is 0 Å². The van der Waals surface area contributed by atoms with Gasteiger partial charge in [0.15, 0.2) is 0 Å². The summed E-state index contributed by atoms with van der Waals surface area (Å²) in [6.07, 6.45) is 0.602. The quantitative estimate of drug-likeness (QED) is 0.294. The molecule has 0 aliphatic carbocycles. The summed E-state index contributed by atoms with van der Waals surface area (Å²) >= 11 is 0. The van der Waals surface area contributed by atoms with E-state index in [4.69, 9.17) is 4.52 Å². The van der Waals surface area contributed by atoms with E-state index in [0.717, 1.165) is 22.3 Å². The summed E-state index contributed by atoms with van der Waals surface area (Å²) in [6.45, 7) is 0. The first kappa shape index (κ1) is 20.3. The minimum atomic E-state index is -2.50. The van der Waals surface area contributed by atoms with E-state index in [1.807, 2.05) is 36.4 Å². The van der Waals surface area contributed by atoms with Crippen LogP contribution in [0.15, 0.2) is 115 Å². The van der Waals surface area contributed by atoms with E-state index in [2.05, 4.69) is 72.8 Å². The fourth-order valence-corrected chi connectivity index (χ4v) is 4.44. The van der Waals surface area contributed by atoms with E-state index in [-0.39, 0.29) is 0 Å². The molecule has 0 unspecified atom stereocenters. The fourth-order valence-electron chi connectivity index (χ4n) is 4.09.